The quantitative estimate of drug-likeness (QED) is 0.794. The minimum atomic E-state index is -4.92. The van der Waals surface area contributed by atoms with Crippen molar-refractivity contribution in [1.82, 2.24) is 5.32 Å². The Morgan fingerprint density at radius 3 is 2.43 bits per heavy atom. The number of nitrogen functional groups attached to an aromatic ring is 1. The van der Waals surface area contributed by atoms with Crippen LogP contribution in [0.3, 0.4) is 0 Å². The van der Waals surface area contributed by atoms with Crippen LogP contribution in [0.1, 0.15) is 17.2 Å². The lowest BCUT2D eigenvalue weighted by molar-refractivity contribution is -0.174. The molecule has 0 aliphatic heterocycles. The number of rotatable bonds is 1. The van der Waals surface area contributed by atoms with Gasteiger partial charge in [0.1, 0.15) is 0 Å². The van der Waals surface area contributed by atoms with Crippen molar-refractivity contribution in [1.29, 1.82) is 0 Å². The van der Waals surface area contributed by atoms with E-state index in [9.17, 15) is 18.0 Å². The van der Waals surface area contributed by atoms with E-state index in [1.807, 2.05) is 11.4 Å². The van der Waals surface area contributed by atoms with Crippen molar-refractivity contribution in [3.63, 3.8) is 0 Å². The lowest BCUT2D eigenvalue weighted by atomic mass is 10.0. The van der Waals surface area contributed by atoms with Crippen LogP contribution in [-0.2, 0) is 4.79 Å². The highest BCUT2D eigenvalue weighted by atomic mass is 19.4. The Balaban J connectivity index is 2.09. The Kier molecular flexibility index (Phi) is 2.90. The van der Waals surface area contributed by atoms with Crippen LogP contribution < -0.4 is 11.1 Å². The number of nitrogens with one attached hydrogen (secondary N) is 1. The summed E-state index contributed by atoms with van der Waals surface area (Å²) in [6, 6.07) is 11.2. The van der Waals surface area contributed by atoms with Crippen LogP contribution in [0.4, 0.5) is 18.9 Å². The molecule has 108 valence electrons. The molecule has 0 bridgehead atoms. The molecular formula is C15H11F3N2O. The van der Waals surface area contributed by atoms with Gasteiger partial charge in [0.25, 0.3) is 0 Å². The first-order valence-corrected chi connectivity index (χ1v) is 6.24. The highest BCUT2D eigenvalue weighted by Crippen LogP contribution is 2.44. The molecule has 0 aromatic heterocycles. The molecule has 21 heavy (non-hydrogen) atoms. The molecule has 0 unspecified atom stereocenters. The van der Waals surface area contributed by atoms with E-state index >= 15 is 0 Å². The number of amides is 1. The first kappa shape index (κ1) is 13.5. The lowest BCUT2D eigenvalue weighted by Gasteiger charge is -2.17. The van der Waals surface area contributed by atoms with Gasteiger partial charge in [-0.1, -0.05) is 30.3 Å². The van der Waals surface area contributed by atoms with E-state index in [4.69, 9.17) is 5.73 Å². The highest BCUT2D eigenvalue weighted by Gasteiger charge is 2.41. The van der Waals surface area contributed by atoms with Crippen LogP contribution in [-0.4, -0.2) is 12.1 Å². The zero-order valence-electron chi connectivity index (χ0n) is 10.7. The second-order valence-corrected chi connectivity index (χ2v) is 4.84. The van der Waals surface area contributed by atoms with Crippen molar-refractivity contribution in [3.05, 3.63) is 53.6 Å². The van der Waals surface area contributed by atoms with Crippen molar-refractivity contribution >= 4 is 11.6 Å². The van der Waals surface area contributed by atoms with E-state index < -0.39 is 18.1 Å². The predicted octanol–water partition coefficient (Wildman–Crippen LogP) is 3.02. The minimum Gasteiger partial charge on any atom is -0.399 e. The second kappa shape index (κ2) is 4.51. The predicted molar refractivity (Wildman–Crippen MR) is 72.3 cm³/mol. The van der Waals surface area contributed by atoms with Crippen molar-refractivity contribution in [3.8, 4) is 11.1 Å². The summed E-state index contributed by atoms with van der Waals surface area (Å²) < 4.78 is 37.5. The molecule has 1 aliphatic carbocycles. The molecule has 1 amide bonds. The lowest BCUT2D eigenvalue weighted by Crippen LogP contribution is -2.38. The van der Waals surface area contributed by atoms with E-state index in [2.05, 4.69) is 0 Å². The Morgan fingerprint density at radius 2 is 1.71 bits per heavy atom. The standard InChI is InChI=1S/C15H11F3N2O/c16-15(17,18)14(21)20-13-11-4-2-1-3-9(11)10-6-5-8(19)7-12(10)13/h1-7,13H,19H2,(H,20,21)/t13-/m1/s1. The molecule has 3 rings (SSSR count). The summed E-state index contributed by atoms with van der Waals surface area (Å²) in [5, 5.41) is 2.04. The summed E-state index contributed by atoms with van der Waals surface area (Å²) >= 11 is 0. The molecule has 0 radical (unpaired) electrons. The Morgan fingerprint density at radius 1 is 1.05 bits per heavy atom. The summed E-state index contributed by atoms with van der Waals surface area (Å²) in [5.41, 5.74) is 8.95. The van der Waals surface area contributed by atoms with Crippen LogP contribution in [0, 0.1) is 0 Å². The van der Waals surface area contributed by atoms with E-state index in [1.165, 1.54) is 0 Å². The molecule has 3 N–H and O–H groups in total. The maximum Gasteiger partial charge on any atom is 0.471 e. The van der Waals surface area contributed by atoms with Crippen LogP contribution in [0.25, 0.3) is 11.1 Å². The molecule has 0 saturated carbocycles. The van der Waals surface area contributed by atoms with Crippen LogP contribution in [0.2, 0.25) is 0 Å². The minimum absolute atomic E-state index is 0.438. The number of alkyl halides is 3. The van der Waals surface area contributed by atoms with E-state index in [1.54, 1.807) is 36.4 Å². The number of carbonyl (C=O) groups excluding carboxylic acids is 1. The van der Waals surface area contributed by atoms with Crippen LogP contribution in [0.15, 0.2) is 42.5 Å². The van der Waals surface area contributed by atoms with Gasteiger partial charge in [-0.2, -0.15) is 13.2 Å². The van der Waals surface area contributed by atoms with Gasteiger partial charge in [0.15, 0.2) is 0 Å². The first-order valence-electron chi connectivity index (χ1n) is 6.24. The molecule has 1 aliphatic rings. The highest BCUT2D eigenvalue weighted by molar-refractivity contribution is 5.86. The summed E-state index contributed by atoms with van der Waals surface area (Å²) in [7, 11) is 0. The van der Waals surface area contributed by atoms with Crippen LogP contribution >= 0.6 is 0 Å². The molecule has 0 saturated heterocycles. The summed E-state index contributed by atoms with van der Waals surface area (Å²) in [4.78, 5) is 11.3. The molecule has 2 aromatic carbocycles. The molecule has 3 nitrogen and oxygen atoms in total. The molecule has 6 heteroatoms. The molecule has 1 atom stereocenters. The van der Waals surface area contributed by atoms with Gasteiger partial charge in [0, 0.05) is 5.69 Å². The number of nitrogens with two attached hydrogens (primary N) is 1. The summed E-state index contributed by atoms with van der Waals surface area (Å²) in [6.45, 7) is 0. The topological polar surface area (TPSA) is 55.1 Å². The second-order valence-electron chi connectivity index (χ2n) is 4.84. The maximum atomic E-state index is 12.5. The van der Waals surface area contributed by atoms with Gasteiger partial charge in [0.2, 0.25) is 0 Å². The zero-order valence-corrected chi connectivity index (χ0v) is 10.7. The zero-order chi connectivity index (χ0) is 15.2. The molecule has 0 heterocycles. The molecular weight excluding hydrogens is 281 g/mol. The van der Waals surface area contributed by atoms with E-state index in [0.29, 0.717) is 16.8 Å². The first-order chi connectivity index (χ1) is 9.88. The van der Waals surface area contributed by atoms with Gasteiger partial charge in [-0.3, -0.25) is 4.79 Å². The number of carbonyl (C=O) groups is 1. The molecule has 0 fully saturated rings. The number of hydrogen-bond acceptors (Lipinski definition) is 2. The van der Waals surface area contributed by atoms with Crippen molar-refractivity contribution in [2.45, 2.75) is 12.2 Å². The summed E-state index contributed by atoms with van der Waals surface area (Å²) in [6.07, 6.45) is -4.92. The Labute approximate surface area is 118 Å². The van der Waals surface area contributed by atoms with Gasteiger partial charge in [-0.25, -0.2) is 0 Å². The number of benzene rings is 2. The smallest absolute Gasteiger partial charge is 0.399 e. The largest absolute Gasteiger partial charge is 0.471 e. The van der Waals surface area contributed by atoms with Gasteiger partial charge in [0.05, 0.1) is 6.04 Å². The SMILES string of the molecule is Nc1ccc2c(c1)[C@H](NC(=O)C(F)(F)F)c1ccccc1-2. The Bertz CT molecular complexity index is 725. The number of fused-ring (bicyclic) bond motifs is 3. The fourth-order valence-corrected chi connectivity index (χ4v) is 2.60. The monoisotopic (exact) mass is 292 g/mol. The third-order valence-electron chi connectivity index (χ3n) is 3.48. The molecule has 0 spiro atoms. The van der Waals surface area contributed by atoms with Crippen LogP contribution in [0.5, 0.6) is 0 Å². The van der Waals surface area contributed by atoms with E-state index in [0.717, 1.165) is 11.1 Å². The normalized spacial score (nSPS) is 16.2. The maximum absolute atomic E-state index is 12.5. The third-order valence-corrected chi connectivity index (χ3v) is 3.48. The number of anilines is 1. The Hall–Kier alpha value is -2.50. The summed E-state index contributed by atoms with van der Waals surface area (Å²) in [5.74, 6) is -1.96. The van der Waals surface area contributed by atoms with Crippen molar-refractivity contribution < 1.29 is 18.0 Å². The van der Waals surface area contributed by atoms with Crippen molar-refractivity contribution in [2.75, 3.05) is 5.73 Å². The number of hydrogen-bond donors (Lipinski definition) is 2. The third kappa shape index (κ3) is 2.22. The fourth-order valence-electron chi connectivity index (χ4n) is 2.60. The average molecular weight is 292 g/mol. The fraction of sp³-hybridized carbons (Fsp3) is 0.133. The van der Waals surface area contributed by atoms with E-state index in [-0.39, 0.29) is 0 Å². The molecule has 2 aromatic rings. The van der Waals surface area contributed by atoms with Gasteiger partial charge < -0.3 is 11.1 Å². The average Bonchev–Trinajstić information content (AvgIpc) is 2.72. The number of halogens is 3. The van der Waals surface area contributed by atoms with Gasteiger partial charge in [-0.05, 0) is 34.4 Å². The van der Waals surface area contributed by atoms with Gasteiger partial charge >= 0.3 is 12.1 Å². The van der Waals surface area contributed by atoms with Gasteiger partial charge in [-0.15, -0.1) is 0 Å². The van der Waals surface area contributed by atoms with Crippen molar-refractivity contribution in [2.24, 2.45) is 0 Å².